The molecule has 1 aromatic heterocycles. The molecule has 4 nitrogen and oxygen atoms in total. The maximum Gasteiger partial charge on any atom is 0.266 e. The lowest BCUT2D eigenvalue weighted by molar-refractivity contribution is 0.0717. The minimum Gasteiger partial charge on any atom is -0.397 e. The Kier molecular flexibility index (Phi) is 3.35. The van der Waals surface area contributed by atoms with Gasteiger partial charge in [-0.2, -0.15) is 0 Å². The van der Waals surface area contributed by atoms with Gasteiger partial charge in [-0.3, -0.25) is 4.79 Å². The number of thiophene rings is 1. The Hall–Kier alpha value is -1.66. The molecule has 1 saturated heterocycles. The summed E-state index contributed by atoms with van der Waals surface area (Å²) in [5.41, 5.74) is 6.37. The van der Waals surface area contributed by atoms with Crippen LogP contribution >= 0.6 is 11.3 Å². The van der Waals surface area contributed by atoms with Crippen LogP contribution in [0.25, 0.3) is 10.1 Å². The summed E-state index contributed by atoms with van der Waals surface area (Å²) in [7, 11) is 1.76. The first-order valence-corrected chi connectivity index (χ1v) is 7.22. The fourth-order valence-corrected chi connectivity index (χ4v) is 3.49. The molecule has 0 saturated carbocycles. The van der Waals surface area contributed by atoms with E-state index in [1.165, 1.54) is 23.5 Å². The van der Waals surface area contributed by atoms with Gasteiger partial charge < -0.3 is 15.4 Å². The lowest BCUT2D eigenvalue weighted by Gasteiger charge is -2.22. The van der Waals surface area contributed by atoms with Gasteiger partial charge in [0.25, 0.3) is 5.91 Å². The summed E-state index contributed by atoms with van der Waals surface area (Å²) in [6, 6.07) is 4.49. The first-order chi connectivity index (χ1) is 9.58. The van der Waals surface area contributed by atoms with E-state index in [1.54, 1.807) is 18.0 Å². The molecule has 106 valence electrons. The third kappa shape index (κ3) is 2.14. The smallest absolute Gasteiger partial charge is 0.266 e. The number of benzene rings is 1. The van der Waals surface area contributed by atoms with Crippen LogP contribution < -0.4 is 5.73 Å². The molecule has 1 fully saturated rings. The molecule has 1 aromatic carbocycles. The van der Waals surface area contributed by atoms with Crippen LogP contribution in [-0.2, 0) is 4.74 Å². The van der Waals surface area contributed by atoms with E-state index in [1.807, 2.05) is 0 Å². The zero-order chi connectivity index (χ0) is 14.3. The van der Waals surface area contributed by atoms with E-state index in [-0.39, 0.29) is 17.8 Å². The van der Waals surface area contributed by atoms with Crippen molar-refractivity contribution in [3.05, 3.63) is 28.9 Å². The van der Waals surface area contributed by atoms with Crippen molar-refractivity contribution in [2.45, 2.75) is 12.5 Å². The number of hydrogen-bond donors (Lipinski definition) is 1. The average molecular weight is 294 g/mol. The van der Waals surface area contributed by atoms with Crippen molar-refractivity contribution < 1.29 is 13.9 Å². The molecular weight excluding hydrogens is 279 g/mol. The van der Waals surface area contributed by atoms with Crippen molar-refractivity contribution in [3.63, 3.8) is 0 Å². The molecule has 1 atom stereocenters. The van der Waals surface area contributed by atoms with Gasteiger partial charge in [-0.1, -0.05) is 0 Å². The molecule has 1 aliphatic heterocycles. The predicted octanol–water partition coefficient (Wildman–Crippen LogP) is 2.48. The number of carbonyl (C=O) groups is 1. The largest absolute Gasteiger partial charge is 0.397 e. The number of nitrogens with two attached hydrogens (primary N) is 1. The third-order valence-corrected chi connectivity index (χ3v) is 4.83. The number of anilines is 1. The highest BCUT2D eigenvalue weighted by molar-refractivity contribution is 7.21. The van der Waals surface area contributed by atoms with Gasteiger partial charge in [0.2, 0.25) is 0 Å². The Morgan fingerprint density at radius 1 is 1.55 bits per heavy atom. The molecule has 1 amide bonds. The predicted molar refractivity (Wildman–Crippen MR) is 77.5 cm³/mol. The Morgan fingerprint density at radius 3 is 3.05 bits per heavy atom. The molecule has 1 aliphatic rings. The van der Waals surface area contributed by atoms with E-state index in [2.05, 4.69) is 0 Å². The van der Waals surface area contributed by atoms with Crippen LogP contribution in [0.4, 0.5) is 10.1 Å². The Bertz CT molecular complexity index is 664. The number of likely N-dealkylation sites (N-methyl/N-ethyl adjacent to an activating group) is 1. The van der Waals surface area contributed by atoms with E-state index < -0.39 is 0 Å². The quantitative estimate of drug-likeness (QED) is 0.926. The van der Waals surface area contributed by atoms with E-state index >= 15 is 0 Å². The molecule has 1 unspecified atom stereocenters. The van der Waals surface area contributed by atoms with Crippen molar-refractivity contribution in [2.24, 2.45) is 0 Å². The van der Waals surface area contributed by atoms with Crippen molar-refractivity contribution in [3.8, 4) is 0 Å². The van der Waals surface area contributed by atoms with E-state index in [0.29, 0.717) is 29.2 Å². The van der Waals surface area contributed by atoms with Crippen LogP contribution in [0.1, 0.15) is 16.1 Å². The van der Waals surface area contributed by atoms with Gasteiger partial charge in [0.15, 0.2) is 0 Å². The van der Waals surface area contributed by atoms with Gasteiger partial charge in [-0.05, 0) is 24.6 Å². The first kappa shape index (κ1) is 13.3. The van der Waals surface area contributed by atoms with Crippen molar-refractivity contribution >= 4 is 33.0 Å². The van der Waals surface area contributed by atoms with Crippen LogP contribution in [0.15, 0.2) is 18.2 Å². The van der Waals surface area contributed by atoms with E-state index in [0.717, 1.165) is 11.1 Å². The minimum atomic E-state index is -0.349. The van der Waals surface area contributed by atoms with Crippen LogP contribution in [0.2, 0.25) is 0 Å². The number of halogens is 1. The molecule has 3 rings (SSSR count). The SMILES string of the molecule is CN(C(=O)c1sc2ccc(F)cc2c1N)C1CCOC1. The molecule has 6 heteroatoms. The second kappa shape index (κ2) is 5.03. The highest BCUT2D eigenvalue weighted by Gasteiger charge is 2.27. The van der Waals surface area contributed by atoms with Gasteiger partial charge in [-0.25, -0.2) is 4.39 Å². The van der Waals surface area contributed by atoms with Gasteiger partial charge in [0.05, 0.1) is 18.3 Å². The minimum absolute atomic E-state index is 0.0869. The number of hydrogen-bond acceptors (Lipinski definition) is 4. The van der Waals surface area contributed by atoms with Crippen molar-refractivity contribution in [1.29, 1.82) is 0 Å². The molecule has 0 spiro atoms. The average Bonchev–Trinajstić information content (AvgIpc) is 3.06. The third-order valence-electron chi connectivity index (χ3n) is 3.66. The monoisotopic (exact) mass is 294 g/mol. The summed E-state index contributed by atoms with van der Waals surface area (Å²) >= 11 is 1.30. The zero-order valence-corrected chi connectivity index (χ0v) is 11.9. The van der Waals surface area contributed by atoms with Crippen LogP contribution in [0.5, 0.6) is 0 Å². The molecular formula is C14H15FN2O2S. The number of nitrogen functional groups attached to an aromatic ring is 1. The van der Waals surface area contributed by atoms with Gasteiger partial charge in [0, 0.05) is 23.7 Å². The first-order valence-electron chi connectivity index (χ1n) is 6.40. The number of carbonyl (C=O) groups excluding carboxylic acids is 1. The number of ether oxygens (including phenoxy) is 1. The fraction of sp³-hybridized carbons (Fsp3) is 0.357. The van der Waals surface area contributed by atoms with Crippen LogP contribution in [0.3, 0.4) is 0 Å². The van der Waals surface area contributed by atoms with Crippen molar-refractivity contribution in [2.75, 3.05) is 26.0 Å². The fourth-order valence-electron chi connectivity index (χ4n) is 2.40. The van der Waals surface area contributed by atoms with E-state index in [9.17, 15) is 9.18 Å². The van der Waals surface area contributed by atoms with Gasteiger partial charge in [0.1, 0.15) is 10.7 Å². The molecule has 2 N–H and O–H groups in total. The standard InChI is InChI=1S/C14H15FN2O2S/c1-17(9-4-5-19-7-9)14(18)13-12(16)10-6-8(15)2-3-11(10)20-13/h2-3,6,9H,4-5,7,16H2,1H3. The Balaban J connectivity index is 1.96. The molecule has 20 heavy (non-hydrogen) atoms. The number of rotatable bonds is 2. The Morgan fingerprint density at radius 2 is 2.35 bits per heavy atom. The zero-order valence-electron chi connectivity index (χ0n) is 11.1. The molecule has 0 aliphatic carbocycles. The summed E-state index contributed by atoms with van der Waals surface area (Å²) in [5.74, 6) is -0.474. The highest BCUT2D eigenvalue weighted by Crippen LogP contribution is 2.35. The highest BCUT2D eigenvalue weighted by atomic mass is 32.1. The summed E-state index contributed by atoms with van der Waals surface area (Å²) in [6.45, 7) is 1.23. The molecule has 2 aromatic rings. The number of fused-ring (bicyclic) bond motifs is 1. The second-order valence-corrected chi connectivity index (χ2v) is 5.97. The number of amides is 1. The summed E-state index contributed by atoms with van der Waals surface area (Å²) in [5, 5.41) is 0.606. The number of nitrogens with zero attached hydrogens (tertiary/aromatic N) is 1. The topological polar surface area (TPSA) is 55.6 Å². The summed E-state index contributed by atoms with van der Waals surface area (Å²) in [4.78, 5) is 14.7. The maximum atomic E-state index is 13.3. The maximum absolute atomic E-state index is 13.3. The van der Waals surface area contributed by atoms with Gasteiger partial charge >= 0.3 is 0 Å². The normalized spacial score (nSPS) is 18.6. The second-order valence-electron chi connectivity index (χ2n) is 4.92. The molecule has 2 heterocycles. The molecule has 0 bridgehead atoms. The van der Waals surface area contributed by atoms with Crippen LogP contribution in [0, 0.1) is 5.82 Å². The lowest BCUT2D eigenvalue weighted by atomic mass is 10.2. The summed E-state index contributed by atoms with van der Waals surface area (Å²) < 4.78 is 19.4. The lowest BCUT2D eigenvalue weighted by Crippen LogP contribution is -2.37. The van der Waals surface area contributed by atoms with E-state index in [4.69, 9.17) is 10.5 Å². The molecule has 0 radical (unpaired) electrons. The summed E-state index contributed by atoms with van der Waals surface area (Å²) in [6.07, 6.45) is 0.835. The van der Waals surface area contributed by atoms with Crippen LogP contribution in [-0.4, -0.2) is 37.1 Å². The Labute approximate surface area is 119 Å². The van der Waals surface area contributed by atoms with Gasteiger partial charge in [-0.15, -0.1) is 11.3 Å². The van der Waals surface area contributed by atoms with Crippen molar-refractivity contribution in [1.82, 2.24) is 4.90 Å².